The van der Waals surface area contributed by atoms with Crippen LogP contribution in [0.15, 0.2) is 23.5 Å². The molecule has 18 N–H and O–H groups in total. The Morgan fingerprint density at radius 3 is 1.00 bits per heavy atom. The van der Waals surface area contributed by atoms with E-state index in [4.69, 9.17) is 72.3 Å². The third kappa shape index (κ3) is 12.3. The highest BCUT2D eigenvalue weighted by atomic mass is 16.8. The lowest BCUT2D eigenvalue weighted by Crippen LogP contribution is -2.69. The SMILES string of the molecule is C=C(C)C1CCC(C)=C(O[C@@H]2[C@@H](O)[C@H]3O[C@@H]4[C@H](ON)[C@@H](O)[C@@H](O[C@H]5[C@H](O)[C@@H](O)[C@@H](O[C@H]6[C@H](O)[C@@H](O)[C@@H](O[C@H]7[C@H](O)[C@@H](O)[C@@H](O[C@H]8[C@H](O)[C@@H](O)[C@@H](O[C@H]2[C@@H](CO)O3)O[C@@H]8CO)O[C@@H]7CO)O[C@@H]6CO)O[C@@H]5CO)O[C@@H]4CO)C1. The highest BCUT2D eigenvalue weighted by Gasteiger charge is 2.59. The average molecular weight is 1120 g/mol. The van der Waals surface area contributed by atoms with E-state index in [2.05, 4.69) is 6.58 Å². The van der Waals surface area contributed by atoms with Crippen LogP contribution in [-0.2, 0) is 66.4 Å². The minimum Gasteiger partial charge on any atom is -0.489 e. The first-order valence-electron chi connectivity index (χ1n) is 25.4. The first-order chi connectivity index (χ1) is 36.7. The second-order valence-electron chi connectivity index (χ2n) is 20.5. The Hall–Kier alpha value is -1.92. The zero-order valence-corrected chi connectivity index (χ0v) is 41.9. The largest absolute Gasteiger partial charge is 0.489 e. The van der Waals surface area contributed by atoms with E-state index in [0.29, 0.717) is 18.6 Å². The van der Waals surface area contributed by atoms with Gasteiger partial charge in [0.15, 0.2) is 43.8 Å². The molecule has 0 saturated carbocycles. The molecule has 31 heteroatoms. The first kappa shape index (κ1) is 61.2. The van der Waals surface area contributed by atoms with Gasteiger partial charge < -0.3 is 143 Å². The Labute approximate surface area is 439 Å². The van der Waals surface area contributed by atoms with Crippen LogP contribution in [0.25, 0.3) is 0 Å². The molecule has 22 heterocycles. The molecule has 31 atom stereocenters. The number of hydrogen-bond donors (Lipinski definition) is 17. The fraction of sp³-hybridized carbons (Fsp3) is 0.913. The van der Waals surface area contributed by atoms with E-state index in [1.165, 1.54) is 0 Å². The monoisotopic (exact) mass is 1120 g/mol. The van der Waals surface area contributed by atoms with Crippen LogP contribution in [0.4, 0.5) is 0 Å². The Balaban J connectivity index is 1.15. The normalized spacial score (nSPS) is 51.3. The number of allylic oxidation sites excluding steroid dienone is 3. The molecule has 22 saturated heterocycles. The molecule has 0 aromatic heterocycles. The number of aliphatic hydroxyl groups is 16. The Morgan fingerprint density at radius 1 is 0.429 bits per heavy atom. The van der Waals surface area contributed by atoms with E-state index in [0.717, 1.165) is 17.6 Å². The summed E-state index contributed by atoms with van der Waals surface area (Å²) in [6.07, 6.45) is -55.1. The lowest BCUT2D eigenvalue weighted by molar-refractivity contribution is -0.405. The number of aliphatic hydroxyl groups excluding tert-OH is 16. The van der Waals surface area contributed by atoms with Crippen LogP contribution in [-0.4, -0.2) is 306 Å². The molecule has 31 nitrogen and oxygen atoms in total. The number of hydrogen-bond acceptors (Lipinski definition) is 31. The summed E-state index contributed by atoms with van der Waals surface area (Å²) in [6, 6.07) is 0. The molecule has 0 aromatic carbocycles. The van der Waals surface area contributed by atoms with Crippen LogP contribution in [0.1, 0.15) is 33.1 Å². The molecule has 1 unspecified atom stereocenters. The second kappa shape index (κ2) is 26.1. The van der Waals surface area contributed by atoms with Crippen LogP contribution in [0.3, 0.4) is 0 Å². The predicted octanol–water partition coefficient (Wildman–Crippen LogP) is -9.48. The van der Waals surface area contributed by atoms with Gasteiger partial charge in [0.05, 0.1) is 45.4 Å². The fourth-order valence-electron chi connectivity index (χ4n) is 11.0. The molecule has 0 spiro atoms. The zero-order valence-electron chi connectivity index (χ0n) is 41.9. The van der Waals surface area contributed by atoms with Gasteiger partial charge in [-0.3, -0.25) is 4.84 Å². The molecule has 23 aliphatic rings. The molecule has 0 radical (unpaired) electrons. The summed E-state index contributed by atoms with van der Waals surface area (Å²) in [5.41, 5.74) is 1.59. The van der Waals surface area contributed by atoms with Gasteiger partial charge in [-0.1, -0.05) is 12.2 Å². The number of ether oxygens (including phenoxy) is 13. The maximum absolute atomic E-state index is 12.3. The molecule has 22 aliphatic heterocycles. The highest BCUT2D eigenvalue weighted by Crippen LogP contribution is 2.41. The quantitative estimate of drug-likeness (QED) is 0.0713. The fourth-order valence-corrected chi connectivity index (χ4v) is 11.0. The summed E-state index contributed by atoms with van der Waals surface area (Å²) >= 11 is 0. The molecule has 0 aromatic rings. The minimum absolute atomic E-state index is 0.0715. The van der Waals surface area contributed by atoms with Gasteiger partial charge in [0.1, 0.15) is 140 Å². The van der Waals surface area contributed by atoms with E-state index in [1.807, 2.05) is 6.92 Å². The van der Waals surface area contributed by atoms with Crippen molar-refractivity contribution in [1.82, 2.24) is 0 Å². The zero-order chi connectivity index (χ0) is 55.9. The van der Waals surface area contributed by atoms with Crippen LogP contribution in [0.5, 0.6) is 0 Å². The van der Waals surface area contributed by atoms with Crippen LogP contribution < -0.4 is 5.90 Å². The summed E-state index contributed by atoms with van der Waals surface area (Å²) in [7, 11) is 0. The summed E-state index contributed by atoms with van der Waals surface area (Å²) in [5.74, 6) is 6.02. The first-order valence-corrected chi connectivity index (χ1v) is 25.4. The van der Waals surface area contributed by atoms with Gasteiger partial charge in [-0.2, -0.15) is 0 Å². The van der Waals surface area contributed by atoms with Gasteiger partial charge in [0.25, 0.3) is 0 Å². The highest BCUT2D eigenvalue weighted by molar-refractivity contribution is 5.17. The molecule has 1 aliphatic carbocycles. The standard InChI is InChI=1S/C46H75NO30/c1-13(2)15-5-4-14(3)16(6-15)64-39-31(62)45-69-21(11-52)37(39)75-44-30(61)26(57)35(19(9-50)68-44)73-42-28(59)24(55)33(17(7-48)66-42)71-41-27(58)23(54)34(18(8-49)65-41)72-43-29(60)25(56)36(20(10-51)67-43)74-46-32(63)40(77-47)38(76-45)22(12-53)70-46/h15,17-46,48-63H,1,4-12,47H2,2-3H3/t15?,17-,18-,19-,20-,21-,22-,23-,24-,25-,26-,27-,28-,29-,30-,31-,32-,33-,34-,35-,36-,37+,38+,39-,40-,41-,42-,43-,44-,45-,46-/m1/s1. The van der Waals surface area contributed by atoms with Gasteiger partial charge in [-0.25, -0.2) is 5.90 Å². The van der Waals surface area contributed by atoms with Crippen LogP contribution in [0.2, 0.25) is 0 Å². The Kier molecular flexibility index (Phi) is 20.7. The van der Waals surface area contributed by atoms with Gasteiger partial charge in [-0.05, 0) is 38.2 Å². The van der Waals surface area contributed by atoms with Gasteiger partial charge in [-0.15, -0.1) is 0 Å². The van der Waals surface area contributed by atoms with E-state index < -0.39 is 224 Å². The second-order valence-corrected chi connectivity index (χ2v) is 20.5. The van der Waals surface area contributed by atoms with Crippen molar-refractivity contribution in [1.29, 1.82) is 0 Å². The van der Waals surface area contributed by atoms with E-state index in [1.54, 1.807) is 6.92 Å². The predicted molar refractivity (Wildman–Crippen MR) is 243 cm³/mol. The Bertz CT molecular complexity index is 1940. The van der Waals surface area contributed by atoms with Gasteiger partial charge >= 0.3 is 0 Å². The van der Waals surface area contributed by atoms with Gasteiger partial charge in [0, 0.05) is 6.42 Å². The molecule has 77 heavy (non-hydrogen) atoms. The summed E-state index contributed by atoms with van der Waals surface area (Å²) in [5, 5.41) is 179. The maximum Gasteiger partial charge on any atom is 0.188 e. The Morgan fingerprint density at radius 2 is 0.701 bits per heavy atom. The summed E-state index contributed by atoms with van der Waals surface area (Å²) in [4.78, 5) is 5.14. The van der Waals surface area contributed by atoms with E-state index in [-0.39, 0.29) is 5.92 Å². The van der Waals surface area contributed by atoms with Crippen molar-refractivity contribution in [2.45, 2.75) is 217 Å². The van der Waals surface area contributed by atoms with Crippen molar-refractivity contribution in [3.63, 3.8) is 0 Å². The van der Waals surface area contributed by atoms with Crippen molar-refractivity contribution in [3.8, 4) is 0 Å². The van der Waals surface area contributed by atoms with E-state index >= 15 is 0 Å². The van der Waals surface area contributed by atoms with Crippen molar-refractivity contribution >= 4 is 0 Å². The van der Waals surface area contributed by atoms with Crippen molar-refractivity contribution in [2.24, 2.45) is 11.8 Å². The molecular weight excluding hydrogens is 1050 g/mol. The van der Waals surface area contributed by atoms with Crippen molar-refractivity contribution in [2.75, 3.05) is 39.6 Å². The third-order valence-corrected chi connectivity index (χ3v) is 15.5. The lowest BCUT2D eigenvalue weighted by atomic mass is 9.84. The molecule has 12 bridgehead atoms. The smallest absolute Gasteiger partial charge is 0.188 e. The maximum atomic E-state index is 12.3. The summed E-state index contributed by atoms with van der Waals surface area (Å²) in [6.45, 7) is 1.89. The summed E-state index contributed by atoms with van der Waals surface area (Å²) < 4.78 is 77.4. The molecular formula is C46H75NO30. The topological polar surface area (TPSA) is 479 Å². The average Bonchev–Trinajstić information content (AvgIpc) is 3.42. The third-order valence-electron chi connectivity index (χ3n) is 15.5. The minimum atomic E-state index is -2.15. The molecule has 444 valence electrons. The van der Waals surface area contributed by atoms with Crippen LogP contribution in [0, 0.1) is 5.92 Å². The molecule has 22 fully saturated rings. The van der Waals surface area contributed by atoms with Crippen LogP contribution >= 0.6 is 0 Å². The van der Waals surface area contributed by atoms with Gasteiger partial charge in [0.2, 0.25) is 0 Å². The number of rotatable bonds is 10. The van der Waals surface area contributed by atoms with Crippen molar-refractivity contribution in [3.05, 3.63) is 23.5 Å². The number of nitrogens with two attached hydrogens (primary N) is 1. The van der Waals surface area contributed by atoms with E-state index in [9.17, 15) is 81.7 Å². The molecule has 23 rings (SSSR count). The molecule has 0 amide bonds. The lowest BCUT2D eigenvalue weighted by Gasteiger charge is -2.51. The van der Waals surface area contributed by atoms with Crippen molar-refractivity contribution < 1.29 is 148 Å².